The zero-order valence-electron chi connectivity index (χ0n) is 10.9. The summed E-state index contributed by atoms with van der Waals surface area (Å²) in [7, 11) is 0. The number of carboxylic acids is 1. The summed E-state index contributed by atoms with van der Waals surface area (Å²) in [6.07, 6.45) is 3.83. The van der Waals surface area contributed by atoms with Crippen LogP contribution >= 0.6 is 0 Å². The molecule has 0 bridgehead atoms. The highest BCUT2D eigenvalue weighted by Gasteiger charge is 2.17. The van der Waals surface area contributed by atoms with Gasteiger partial charge < -0.3 is 9.84 Å². The summed E-state index contributed by atoms with van der Waals surface area (Å²) in [5, 5.41) is 19.8. The number of aromatic carboxylic acids is 1. The van der Waals surface area contributed by atoms with E-state index in [9.17, 15) is 14.9 Å². The van der Waals surface area contributed by atoms with Crippen molar-refractivity contribution >= 4 is 11.7 Å². The highest BCUT2D eigenvalue weighted by molar-refractivity contribution is 5.88. The molecular weight excluding hydrogens is 276 g/mol. The minimum Gasteiger partial charge on any atom is -0.486 e. The number of carbonyl (C=O) groups is 1. The Morgan fingerprint density at radius 1 is 1.38 bits per heavy atom. The Kier molecular flexibility index (Phi) is 4.45. The lowest BCUT2D eigenvalue weighted by molar-refractivity contribution is -0.385. The SMILES string of the molecule is O=C(O)c1ccc([N+](=O)[O-])c(OCCc2cccnc2)c1. The summed E-state index contributed by atoms with van der Waals surface area (Å²) >= 11 is 0. The van der Waals surface area contributed by atoms with E-state index in [1.54, 1.807) is 18.5 Å². The third kappa shape index (κ3) is 3.75. The monoisotopic (exact) mass is 288 g/mol. The fraction of sp³-hybridized carbons (Fsp3) is 0.143. The van der Waals surface area contributed by atoms with Crippen LogP contribution in [0.2, 0.25) is 0 Å². The molecule has 0 amide bonds. The molecule has 0 radical (unpaired) electrons. The number of nitrogens with zero attached hydrogens (tertiary/aromatic N) is 2. The van der Waals surface area contributed by atoms with Crippen molar-refractivity contribution in [3.8, 4) is 5.75 Å². The van der Waals surface area contributed by atoms with Crippen LogP contribution in [-0.4, -0.2) is 27.6 Å². The molecule has 0 unspecified atom stereocenters. The first-order chi connectivity index (χ1) is 10.1. The lowest BCUT2D eigenvalue weighted by Crippen LogP contribution is -2.05. The van der Waals surface area contributed by atoms with Crippen LogP contribution < -0.4 is 4.74 Å². The van der Waals surface area contributed by atoms with Crippen LogP contribution in [0.1, 0.15) is 15.9 Å². The Bertz CT molecular complexity index is 658. The van der Waals surface area contributed by atoms with Gasteiger partial charge in [-0.05, 0) is 17.7 Å². The smallest absolute Gasteiger partial charge is 0.335 e. The first kappa shape index (κ1) is 14.4. The summed E-state index contributed by atoms with van der Waals surface area (Å²) in [6.45, 7) is 0.190. The molecule has 0 atom stereocenters. The molecule has 21 heavy (non-hydrogen) atoms. The number of hydrogen-bond donors (Lipinski definition) is 1. The minimum absolute atomic E-state index is 0.0520. The van der Waals surface area contributed by atoms with E-state index in [1.165, 1.54) is 6.07 Å². The fourth-order valence-electron chi connectivity index (χ4n) is 1.74. The molecule has 7 nitrogen and oxygen atoms in total. The van der Waals surface area contributed by atoms with Gasteiger partial charge in [-0.1, -0.05) is 6.07 Å². The number of benzene rings is 1. The predicted molar refractivity (Wildman–Crippen MR) is 73.5 cm³/mol. The molecule has 2 aromatic rings. The third-order valence-corrected chi connectivity index (χ3v) is 2.77. The van der Waals surface area contributed by atoms with Crippen molar-refractivity contribution in [2.24, 2.45) is 0 Å². The fourth-order valence-corrected chi connectivity index (χ4v) is 1.74. The van der Waals surface area contributed by atoms with Gasteiger partial charge in [0.1, 0.15) is 0 Å². The van der Waals surface area contributed by atoms with Crippen molar-refractivity contribution in [2.75, 3.05) is 6.61 Å². The van der Waals surface area contributed by atoms with Gasteiger partial charge >= 0.3 is 11.7 Å². The second-order valence-corrected chi connectivity index (χ2v) is 4.20. The molecule has 1 N–H and O–H groups in total. The van der Waals surface area contributed by atoms with Crippen LogP contribution in [-0.2, 0) is 6.42 Å². The van der Waals surface area contributed by atoms with Crippen LogP contribution in [0.5, 0.6) is 5.75 Å². The van der Waals surface area contributed by atoms with Crippen molar-refractivity contribution in [2.45, 2.75) is 6.42 Å². The van der Waals surface area contributed by atoms with Crippen LogP contribution in [0.25, 0.3) is 0 Å². The van der Waals surface area contributed by atoms with Crippen molar-refractivity contribution in [1.29, 1.82) is 0 Å². The maximum Gasteiger partial charge on any atom is 0.335 e. The van der Waals surface area contributed by atoms with Crippen molar-refractivity contribution < 1.29 is 19.6 Å². The molecule has 2 rings (SSSR count). The summed E-state index contributed by atoms with van der Waals surface area (Å²) in [6, 6.07) is 7.10. The Morgan fingerprint density at radius 2 is 2.19 bits per heavy atom. The molecule has 0 spiro atoms. The summed E-state index contributed by atoms with van der Waals surface area (Å²) in [5.74, 6) is -1.22. The third-order valence-electron chi connectivity index (χ3n) is 2.77. The molecule has 1 aromatic heterocycles. The van der Waals surface area contributed by atoms with Crippen molar-refractivity contribution in [3.05, 3.63) is 64.0 Å². The van der Waals surface area contributed by atoms with Crippen molar-refractivity contribution in [1.82, 2.24) is 4.98 Å². The average Bonchev–Trinajstić information content (AvgIpc) is 2.48. The van der Waals surface area contributed by atoms with Crippen molar-refractivity contribution in [3.63, 3.8) is 0 Å². The molecule has 108 valence electrons. The van der Waals surface area contributed by atoms with Gasteiger partial charge in [0.05, 0.1) is 17.1 Å². The molecule has 0 aliphatic rings. The van der Waals surface area contributed by atoms with E-state index in [0.29, 0.717) is 6.42 Å². The molecule has 7 heteroatoms. The molecular formula is C14H12N2O5. The largest absolute Gasteiger partial charge is 0.486 e. The van der Waals surface area contributed by atoms with Gasteiger partial charge in [-0.25, -0.2) is 4.79 Å². The van der Waals surface area contributed by atoms with E-state index in [4.69, 9.17) is 9.84 Å². The van der Waals surface area contributed by atoms with Crippen LogP contribution in [0, 0.1) is 10.1 Å². The summed E-state index contributed by atoms with van der Waals surface area (Å²) in [5.41, 5.74) is 0.609. The van der Waals surface area contributed by atoms with Crippen LogP contribution in [0.4, 0.5) is 5.69 Å². The number of hydrogen-bond acceptors (Lipinski definition) is 5. The molecule has 0 saturated heterocycles. The highest BCUT2D eigenvalue weighted by atomic mass is 16.6. The van der Waals surface area contributed by atoms with E-state index >= 15 is 0 Å². The van der Waals surface area contributed by atoms with Gasteiger partial charge in [0.2, 0.25) is 0 Å². The van der Waals surface area contributed by atoms with Gasteiger partial charge in [0.25, 0.3) is 0 Å². The van der Waals surface area contributed by atoms with E-state index in [-0.39, 0.29) is 23.6 Å². The number of nitro groups is 1. The predicted octanol–water partition coefficient (Wildman–Crippen LogP) is 2.31. The van der Waals surface area contributed by atoms with Crippen LogP contribution in [0.3, 0.4) is 0 Å². The lowest BCUT2D eigenvalue weighted by Gasteiger charge is -2.07. The normalized spacial score (nSPS) is 10.1. The van der Waals surface area contributed by atoms with E-state index in [0.717, 1.165) is 17.7 Å². The Balaban J connectivity index is 2.12. The maximum atomic E-state index is 10.9. The molecule has 1 aromatic carbocycles. The van der Waals surface area contributed by atoms with E-state index < -0.39 is 10.9 Å². The summed E-state index contributed by atoms with van der Waals surface area (Å²) < 4.78 is 5.36. The van der Waals surface area contributed by atoms with Gasteiger partial charge in [-0.15, -0.1) is 0 Å². The number of pyridine rings is 1. The molecule has 0 saturated carbocycles. The van der Waals surface area contributed by atoms with Gasteiger partial charge in [-0.3, -0.25) is 15.1 Å². The van der Waals surface area contributed by atoms with Gasteiger partial charge in [0.15, 0.2) is 5.75 Å². The van der Waals surface area contributed by atoms with Crippen LogP contribution in [0.15, 0.2) is 42.7 Å². The number of ether oxygens (including phenoxy) is 1. The molecule has 0 aliphatic heterocycles. The topological polar surface area (TPSA) is 103 Å². The molecule has 0 fully saturated rings. The maximum absolute atomic E-state index is 10.9. The highest BCUT2D eigenvalue weighted by Crippen LogP contribution is 2.28. The molecule has 0 aliphatic carbocycles. The molecule has 1 heterocycles. The minimum atomic E-state index is -1.16. The van der Waals surface area contributed by atoms with E-state index in [2.05, 4.69) is 4.98 Å². The van der Waals surface area contributed by atoms with Gasteiger partial charge in [0, 0.05) is 30.9 Å². The average molecular weight is 288 g/mol. The standard InChI is InChI=1S/C14H12N2O5/c17-14(18)11-3-4-12(16(19)20)13(8-11)21-7-5-10-2-1-6-15-9-10/h1-4,6,8-9H,5,7H2,(H,17,18). The lowest BCUT2D eigenvalue weighted by atomic mass is 10.2. The Morgan fingerprint density at radius 3 is 2.81 bits per heavy atom. The number of rotatable bonds is 6. The second kappa shape index (κ2) is 6.47. The van der Waals surface area contributed by atoms with Gasteiger partial charge in [-0.2, -0.15) is 0 Å². The number of nitro benzene ring substituents is 1. The zero-order chi connectivity index (χ0) is 15.2. The summed E-state index contributed by atoms with van der Waals surface area (Å²) in [4.78, 5) is 25.1. The Hall–Kier alpha value is -2.96. The first-order valence-corrected chi connectivity index (χ1v) is 6.11. The zero-order valence-corrected chi connectivity index (χ0v) is 10.9. The number of carboxylic acid groups (broad SMARTS) is 1. The van der Waals surface area contributed by atoms with E-state index in [1.807, 2.05) is 6.07 Å². The first-order valence-electron chi connectivity index (χ1n) is 6.11. The quantitative estimate of drug-likeness (QED) is 0.646. The number of aromatic nitrogens is 1. The second-order valence-electron chi connectivity index (χ2n) is 4.20. The Labute approximate surface area is 120 Å².